The first-order valence-electron chi connectivity index (χ1n) is 8.22. The Morgan fingerprint density at radius 1 is 1.16 bits per heavy atom. The van der Waals surface area contributed by atoms with E-state index >= 15 is 0 Å². The molecule has 0 aliphatic carbocycles. The third-order valence-corrected chi connectivity index (χ3v) is 5.35. The second-order valence-electron chi connectivity index (χ2n) is 7.15. The van der Waals surface area contributed by atoms with Gasteiger partial charge in [-0.2, -0.15) is 0 Å². The Hall–Kier alpha value is -2.05. The van der Waals surface area contributed by atoms with Gasteiger partial charge in [-0.05, 0) is 29.2 Å². The smallest absolute Gasteiger partial charge is 0.262 e. The van der Waals surface area contributed by atoms with Crippen LogP contribution in [0.3, 0.4) is 0 Å². The highest BCUT2D eigenvalue weighted by Crippen LogP contribution is 2.30. The van der Waals surface area contributed by atoms with Crippen molar-refractivity contribution in [2.24, 2.45) is 0 Å². The molecule has 3 rings (SSSR count). The molecule has 2 aromatic rings. The minimum atomic E-state index is -3.69. The van der Waals surface area contributed by atoms with Crippen LogP contribution in [-0.2, 0) is 20.2 Å². The van der Waals surface area contributed by atoms with Gasteiger partial charge in [0.1, 0.15) is 18.5 Å². The Labute approximate surface area is 149 Å². The second kappa shape index (κ2) is 6.69. The summed E-state index contributed by atoms with van der Waals surface area (Å²) in [5.41, 5.74) is 0.972. The van der Waals surface area contributed by atoms with Gasteiger partial charge in [-0.3, -0.25) is 4.72 Å². The van der Waals surface area contributed by atoms with E-state index in [9.17, 15) is 8.42 Å². The molecule has 0 spiro atoms. The first kappa shape index (κ1) is 17.8. The summed E-state index contributed by atoms with van der Waals surface area (Å²) in [7, 11) is -3.69. The average Bonchev–Trinajstić information content (AvgIpc) is 3.36. The lowest BCUT2D eigenvalue weighted by atomic mass is 9.87. The van der Waals surface area contributed by atoms with Gasteiger partial charge >= 0.3 is 0 Å². The summed E-state index contributed by atoms with van der Waals surface area (Å²) in [5, 5.41) is 0. The van der Waals surface area contributed by atoms with Gasteiger partial charge in [0.2, 0.25) is 0 Å². The maximum absolute atomic E-state index is 12.9. The van der Waals surface area contributed by atoms with E-state index in [0.717, 1.165) is 12.2 Å². The summed E-state index contributed by atoms with van der Waals surface area (Å²) in [6.45, 7) is 7.18. The second-order valence-corrected chi connectivity index (χ2v) is 8.80. The molecule has 134 valence electrons. The highest BCUT2D eigenvalue weighted by atomic mass is 32.2. The van der Waals surface area contributed by atoms with Crippen LogP contribution in [0, 0.1) is 0 Å². The highest BCUT2D eigenvalue weighted by Gasteiger charge is 2.26. The minimum absolute atomic E-state index is 0.152. The van der Waals surface area contributed by atoms with Gasteiger partial charge in [-0.25, -0.2) is 8.42 Å². The molecule has 6 heteroatoms. The quantitative estimate of drug-likeness (QED) is 0.799. The highest BCUT2D eigenvalue weighted by molar-refractivity contribution is 7.92. The molecule has 1 saturated heterocycles. The SMILES string of the molecule is CC(C)(C)c1ccccc1S(=O)(=O)Nc1cccc(OCC2CO2)c1. The van der Waals surface area contributed by atoms with Crippen LogP contribution < -0.4 is 9.46 Å². The molecule has 1 atom stereocenters. The Kier molecular flexibility index (Phi) is 4.75. The number of benzene rings is 2. The van der Waals surface area contributed by atoms with Crippen molar-refractivity contribution in [1.82, 2.24) is 0 Å². The summed E-state index contributed by atoms with van der Waals surface area (Å²) >= 11 is 0. The molecule has 1 heterocycles. The van der Waals surface area contributed by atoms with E-state index in [1.165, 1.54) is 0 Å². The van der Waals surface area contributed by atoms with Crippen molar-refractivity contribution in [2.45, 2.75) is 37.2 Å². The maximum atomic E-state index is 12.9. The van der Waals surface area contributed by atoms with Gasteiger partial charge < -0.3 is 9.47 Å². The summed E-state index contributed by atoms with van der Waals surface area (Å²) in [5.74, 6) is 0.611. The van der Waals surface area contributed by atoms with Crippen molar-refractivity contribution in [3.63, 3.8) is 0 Å². The number of rotatable bonds is 6. The van der Waals surface area contributed by atoms with Gasteiger partial charge in [0.15, 0.2) is 0 Å². The predicted molar refractivity (Wildman–Crippen MR) is 97.6 cm³/mol. The number of hydrogen-bond donors (Lipinski definition) is 1. The normalized spacial score (nSPS) is 17.2. The molecular weight excluding hydrogens is 338 g/mol. The third kappa shape index (κ3) is 4.52. The van der Waals surface area contributed by atoms with Crippen LogP contribution >= 0.6 is 0 Å². The Balaban J connectivity index is 1.83. The minimum Gasteiger partial charge on any atom is -0.491 e. The number of ether oxygens (including phenoxy) is 2. The van der Waals surface area contributed by atoms with E-state index in [1.54, 1.807) is 36.4 Å². The number of anilines is 1. The van der Waals surface area contributed by atoms with Crippen molar-refractivity contribution in [3.05, 3.63) is 54.1 Å². The largest absolute Gasteiger partial charge is 0.491 e. The zero-order valence-electron chi connectivity index (χ0n) is 14.7. The first-order chi connectivity index (χ1) is 11.8. The van der Waals surface area contributed by atoms with Crippen LogP contribution in [0.5, 0.6) is 5.75 Å². The Bertz CT molecular complexity index is 852. The van der Waals surface area contributed by atoms with Crippen LogP contribution in [0.25, 0.3) is 0 Å². The van der Waals surface area contributed by atoms with Crippen LogP contribution in [0.1, 0.15) is 26.3 Å². The fourth-order valence-corrected chi connectivity index (χ4v) is 4.00. The molecule has 0 bridgehead atoms. The van der Waals surface area contributed by atoms with Crippen molar-refractivity contribution >= 4 is 15.7 Å². The van der Waals surface area contributed by atoms with Crippen LogP contribution in [0.15, 0.2) is 53.4 Å². The molecule has 0 radical (unpaired) electrons. The van der Waals surface area contributed by atoms with E-state index in [0.29, 0.717) is 22.9 Å². The van der Waals surface area contributed by atoms with E-state index in [2.05, 4.69) is 4.72 Å². The summed E-state index contributed by atoms with van der Waals surface area (Å²) < 4.78 is 39.1. The fraction of sp³-hybridized carbons (Fsp3) is 0.368. The molecule has 1 fully saturated rings. The molecule has 2 aromatic carbocycles. The van der Waals surface area contributed by atoms with Crippen molar-refractivity contribution in [3.8, 4) is 5.75 Å². The number of nitrogens with one attached hydrogen (secondary N) is 1. The predicted octanol–water partition coefficient (Wildman–Crippen LogP) is 3.56. The third-order valence-electron chi connectivity index (χ3n) is 3.91. The molecule has 5 nitrogen and oxygen atoms in total. The van der Waals surface area contributed by atoms with Crippen molar-refractivity contribution in [2.75, 3.05) is 17.9 Å². The summed E-state index contributed by atoms with van der Waals surface area (Å²) in [6.07, 6.45) is 0.152. The molecule has 1 aliphatic heterocycles. The summed E-state index contributed by atoms with van der Waals surface area (Å²) in [4.78, 5) is 0.292. The zero-order valence-corrected chi connectivity index (χ0v) is 15.5. The zero-order chi connectivity index (χ0) is 18.1. The Morgan fingerprint density at radius 3 is 2.56 bits per heavy atom. The van der Waals surface area contributed by atoms with Crippen molar-refractivity contribution in [1.29, 1.82) is 0 Å². The number of sulfonamides is 1. The van der Waals surface area contributed by atoms with E-state index in [1.807, 2.05) is 32.9 Å². The van der Waals surface area contributed by atoms with E-state index in [4.69, 9.17) is 9.47 Å². The number of epoxide rings is 1. The molecular formula is C19H23NO4S. The van der Waals surface area contributed by atoms with Gasteiger partial charge in [-0.15, -0.1) is 0 Å². The van der Waals surface area contributed by atoms with E-state index in [-0.39, 0.29) is 11.5 Å². The molecule has 1 N–H and O–H groups in total. The molecule has 25 heavy (non-hydrogen) atoms. The van der Waals surface area contributed by atoms with Crippen LogP contribution in [0.2, 0.25) is 0 Å². The lowest BCUT2D eigenvalue weighted by molar-refractivity contribution is 0.263. The maximum Gasteiger partial charge on any atom is 0.262 e. The monoisotopic (exact) mass is 361 g/mol. The molecule has 0 amide bonds. The van der Waals surface area contributed by atoms with Gasteiger partial charge in [0.25, 0.3) is 10.0 Å². The summed E-state index contributed by atoms with van der Waals surface area (Å²) in [6, 6.07) is 14.0. The lowest BCUT2D eigenvalue weighted by Crippen LogP contribution is -2.21. The number of hydrogen-bond acceptors (Lipinski definition) is 4. The Morgan fingerprint density at radius 2 is 1.88 bits per heavy atom. The van der Waals surface area contributed by atoms with Gasteiger partial charge in [-0.1, -0.05) is 45.0 Å². The van der Waals surface area contributed by atoms with E-state index < -0.39 is 10.0 Å². The van der Waals surface area contributed by atoms with Gasteiger partial charge in [0, 0.05) is 6.07 Å². The average molecular weight is 361 g/mol. The van der Waals surface area contributed by atoms with Crippen molar-refractivity contribution < 1.29 is 17.9 Å². The first-order valence-corrected chi connectivity index (χ1v) is 9.71. The molecule has 0 saturated carbocycles. The van der Waals surface area contributed by atoms with Gasteiger partial charge in [0.05, 0.1) is 17.2 Å². The van der Waals surface area contributed by atoms with Crippen LogP contribution in [-0.4, -0.2) is 27.7 Å². The molecule has 1 unspecified atom stereocenters. The molecule has 1 aliphatic rings. The lowest BCUT2D eigenvalue weighted by Gasteiger charge is -2.23. The fourth-order valence-electron chi connectivity index (χ4n) is 2.53. The molecule has 0 aromatic heterocycles. The van der Waals surface area contributed by atoms with Crippen LogP contribution in [0.4, 0.5) is 5.69 Å². The topological polar surface area (TPSA) is 67.9 Å². The standard InChI is InChI=1S/C19H23NO4S/c1-19(2,3)17-9-4-5-10-18(17)25(21,22)20-14-7-6-8-15(11-14)23-12-16-13-24-16/h4-11,16,20H,12-13H2,1-3H3.